The summed E-state index contributed by atoms with van der Waals surface area (Å²) in [6.45, 7) is 0. The average molecular weight is 191 g/mol. The smallest absolute Gasteiger partial charge is 0.303 e. The molecule has 0 fully saturated rings. The van der Waals surface area contributed by atoms with Crippen LogP contribution in [0.4, 0.5) is 0 Å². The van der Waals surface area contributed by atoms with Gasteiger partial charge in [0.15, 0.2) is 0 Å². The van der Waals surface area contributed by atoms with Crippen LogP contribution >= 0.6 is 7.82 Å². The van der Waals surface area contributed by atoms with Gasteiger partial charge in [-0.05, 0) is 0 Å². The summed E-state index contributed by atoms with van der Waals surface area (Å²) in [7, 11) is -4.64. The summed E-state index contributed by atoms with van der Waals surface area (Å²) in [6, 6.07) is 0. The van der Waals surface area contributed by atoms with Crippen LogP contribution in [0.1, 0.15) is 0 Å². The number of nitrogens with one attached hydrogen (secondary N) is 3. The van der Waals surface area contributed by atoms with Crippen LogP contribution < -0.4 is 0 Å². The molecule has 0 unspecified atom stereocenters. The predicted molar refractivity (Wildman–Crippen MR) is 32.5 cm³/mol. The lowest BCUT2D eigenvalue weighted by molar-refractivity contribution is 0.275. The SMILES string of the molecule is N=O.N=O.N=O.O=P(O)(O)O. The van der Waals surface area contributed by atoms with Crippen LogP contribution in [-0.2, 0) is 4.57 Å². The largest absolute Gasteiger partial charge is 0.466 e. The molecule has 0 aromatic heterocycles. The molecule has 0 amide bonds. The van der Waals surface area contributed by atoms with Crippen molar-refractivity contribution < 1.29 is 19.2 Å². The first-order valence-electron chi connectivity index (χ1n) is 1.39. The van der Waals surface area contributed by atoms with Gasteiger partial charge in [0, 0.05) is 0 Å². The molecule has 68 valence electrons. The Hall–Kier alpha value is -1.09. The third-order valence-electron chi connectivity index (χ3n) is 0. The molecule has 11 heavy (non-hydrogen) atoms. The Balaban J connectivity index is -0.0000000350. The summed E-state index contributed by atoms with van der Waals surface area (Å²) >= 11 is 0. The molecule has 0 atom stereocenters. The van der Waals surface area contributed by atoms with E-state index in [9.17, 15) is 0 Å². The maximum absolute atomic E-state index is 8.88. The molecule has 6 N–H and O–H groups in total. The second-order valence-corrected chi connectivity index (χ2v) is 1.54. The number of rotatable bonds is 0. The monoisotopic (exact) mass is 191 g/mol. The Morgan fingerprint density at radius 2 is 0.727 bits per heavy atom. The zero-order valence-corrected chi connectivity index (χ0v) is 5.82. The normalized spacial score (nSPS) is 6.45. The van der Waals surface area contributed by atoms with Gasteiger partial charge >= 0.3 is 7.82 Å². The van der Waals surface area contributed by atoms with E-state index < -0.39 is 7.82 Å². The lowest BCUT2D eigenvalue weighted by atomic mass is 13.8. The highest BCUT2D eigenvalue weighted by Crippen LogP contribution is 2.25. The van der Waals surface area contributed by atoms with Crippen molar-refractivity contribution in [2.75, 3.05) is 0 Å². The Kier molecular flexibility index (Phi) is 47.4. The maximum Gasteiger partial charge on any atom is 0.466 e. The molecule has 10 nitrogen and oxygen atoms in total. The third kappa shape index (κ3) is 358. The Morgan fingerprint density at radius 1 is 0.727 bits per heavy atom. The zero-order chi connectivity index (χ0) is 10.5. The molecule has 0 saturated heterocycles. The van der Waals surface area contributed by atoms with Crippen molar-refractivity contribution in [3.8, 4) is 0 Å². The van der Waals surface area contributed by atoms with Crippen LogP contribution in [0.5, 0.6) is 0 Å². The first-order chi connectivity index (χ1) is 5.00. The van der Waals surface area contributed by atoms with E-state index in [2.05, 4.69) is 16.8 Å². The van der Waals surface area contributed by atoms with Gasteiger partial charge in [-0.1, -0.05) is 16.8 Å². The molecule has 0 aliphatic heterocycles. The Morgan fingerprint density at radius 3 is 0.727 bits per heavy atom. The predicted octanol–water partition coefficient (Wildman–Crippen LogP) is 0.0661. The van der Waals surface area contributed by atoms with Crippen LogP contribution in [0.25, 0.3) is 0 Å². The van der Waals surface area contributed by atoms with E-state index >= 15 is 0 Å². The molecule has 11 heteroatoms. The van der Waals surface area contributed by atoms with Crippen molar-refractivity contribution >= 4 is 7.82 Å². The van der Waals surface area contributed by atoms with Crippen LogP contribution in [0, 0.1) is 31.5 Å². The van der Waals surface area contributed by atoms with Crippen molar-refractivity contribution in [2.24, 2.45) is 0 Å². The number of nitroso groups, excluding NO2 is 3. The molecule has 0 rings (SSSR count). The maximum atomic E-state index is 8.88. The van der Waals surface area contributed by atoms with Crippen molar-refractivity contribution in [2.45, 2.75) is 0 Å². The number of hydrogen-bond acceptors (Lipinski definition) is 7. The van der Waals surface area contributed by atoms with Crippen molar-refractivity contribution in [1.29, 1.82) is 16.8 Å². The molecular weight excluding hydrogens is 185 g/mol. The number of hydrogen-bond donors (Lipinski definition) is 6. The van der Waals surface area contributed by atoms with E-state index in [0.717, 1.165) is 0 Å². The quantitative estimate of drug-likeness (QED) is 0.229. The van der Waals surface area contributed by atoms with Crippen LogP contribution in [0.15, 0.2) is 0 Å². The lowest BCUT2D eigenvalue weighted by Crippen LogP contribution is -1.66. The fourth-order valence-electron chi connectivity index (χ4n) is 0. The Bertz CT molecular complexity index is 84.8. The van der Waals surface area contributed by atoms with Crippen LogP contribution in [-0.4, -0.2) is 14.7 Å². The summed E-state index contributed by atoms with van der Waals surface area (Å²) in [4.78, 5) is 44.1. The first-order valence-corrected chi connectivity index (χ1v) is 2.96. The first kappa shape index (κ1) is 22.5. The Labute approximate surface area is 59.8 Å². The second-order valence-electron chi connectivity index (χ2n) is 0.513. The van der Waals surface area contributed by atoms with E-state index in [1.807, 2.05) is 0 Å². The molecule has 0 bridgehead atoms. The van der Waals surface area contributed by atoms with Crippen molar-refractivity contribution in [3.05, 3.63) is 14.7 Å². The van der Waals surface area contributed by atoms with E-state index in [4.69, 9.17) is 34.0 Å². The molecule has 0 heterocycles. The molecule has 0 aliphatic rings. The van der Waals surface area contributed by atoms with Gasteiger partial charge in [-0.2, -0.15) is 14.7 Å². The van der Waals surface area contributed by atoms with E-state index in [0.29, 0.717) is 0 Å². The highest BCUT2D eigenvalue weighted by molar-refractivity contribution is 7.45. The second kappa shape index (κ2) is 23.1. The van der Waals surface area contributed by atoms with Gasteiger partial charge in [-0.15, -0.1) is 0 Å². The molecule has 0 aliphatic carbocycles. The summed E-state index contributed by atoms with van der Waals surface area (Å²) in [5.41, 5.74) is 13.5. The molecule has 0 radical (unpaired) electrons. The molecule has 0 aromatic carbocycles. The summed E-state index contributed by atoms with van der Waals surface area (Å²) in [5, 5.41) is 0. The van der Waals surface area contributed by atoms with Gasteiger partial charge in [0.25, 0.3) is 0 Å². The highest BCUT2D eigenvalue weighted by Gasteiger charge is 2.00. The number of phosphoric acid groups is 1. The standard InChI is InChI=1S/3HNO.H3O4P/c3*1-2;1-5(2,3)4/h3*1H;(H3,1,2,3,4). The summed E-state index contributed by atoms with van der Waals surface area (Å²) in [5.74, 6) is 0. The average Bonchev–Trinajstić information content (AvgIpc) is 1.96. The zero-order valence-electron chi connectivity index (χ0n) is 4.92. The fraction of sp³-hybridized carbons (Fsp3) is 0. The molecule has 0 saturated carbocycles. The third-order valence-corrected chi connectivity index (χ3v) is 0. The van der Waals surface area contributed by atoms with Crippen molar-refractivity contribution in [3.63, 3.8) is 0 Å². The lowest BCUT2D eigenvalue weighted by Gasteiger charge is -1.82. The van der Waals surface area contributed by atoms with Gasteiger partial charge in [0.05, 0.1) is 0 Å². The van der Waals surface area contributed by atoms with Crippen LogP contribution in [0.2, 0.25) is 0 Å². The minimum atomic E-state index is -4.64. The van der Waals surface area contributed by atoms with Crippen molar-refractivity contribution in [1.82, 2.24) is 0 Å². The fourth-order valence-corrected chi connectivity index (χ4v) is 0. The molecule has 0 spiro atoms. The molecule has 0 aromatic rings. The van der Waals surface area contributed by atoms with Gasteiger partial charge in [0.1, 0.15) is 0 Å². The van der Waals surface area contributed by atoms with Crippen LogP contribution in [0.3, 0.4) is 0 Å². The van der Waals surface area contributed by atoms with Gasteiger partial charge < -0.3 is 14.7 Å². The van der Waals surface area contributed by atoms with Gasteiger partial charge in [-0.3, -0.25) is 0 Å². The van der Waals surface area contributed by atoms with E-state index in [1.165, 1.54) is 0 Å². The minimum absolute atomic E-state index is 4.50. The van der Waals surface area contributed by atoms with E-state index in [-0.39, 0.29) is 0 Å². The summed E-state index contributed by atoms with van der Waals surface area (Å²) < 4.78 is 8.88. The minimum Gasteiger partial charge on any atom is -0.303 e. The van der Waals surface area contributed by atoms with Gasteiger partial charge in [0.2, 0.25) is 0 Å². The highest BCUT2D eigenvalue weighted by atomic mass is 31.2. The topological polar surface area (TPSA) is 201 Å². The van der Waals surface area contributed by atoms with Gasteiger partial charge in [-0.25, -0.2) is 4.57 Å². The summed E-state index contributed by atoms with van der Waals surface area (Å²) in [6.07, 6.45) is 0. The van der Waals surface area contributed by atoms with E-state index in [1.54, 1.807) is 0 Å². The molecular formula is H6N3O7P.